The Morgan fingerprint density at radius 3 is 2.24 bits per heavy atom. The van der Waals surface area contributed by atoms with Gasteiger partial charge in [0.15, 0.2) is 5.65 Å². The second-order valence-corrected chi connectivity index (χ2v) is 7.75. The number of aromatic nitrogens is 3. The summed E-state index contributed by atoms with van der Waals surface area (Å²) in [4.78, 5) is 11.8. The molecule has 154 valence electrons. The van der Waals surface area contributed by atoms with Crippen LogP contribution in [0.3, 0.4) is 0 Å². The first kappa shape index (κ1) is 21.0. The Labute approximate surface area is 173 Å². The second-order valence-electron chi connectivity index (χ2n) is 7.75. The van der Waals surface area contributed by atoms with Gasteiger partial charge < -0.3 is 4.90 Å². The summed E-state index contributed by atoms with van der Waals surface area (Å²) >= 11 is 0. The minimum absolute atomic E-state index is 0.448. The van der Waals surface area contributed by atoms with Crippen molar-refractivity contribution in [2.24, 2.45) is 0 Å². The highest BCUT2D eigenvalue weighted by Gasteiger charge is 2.22. The number of rotatable bonds is 6. The Morgan fingerprint density at radius 2 is 1.66 bits per heavy atom. The summed E-state index contributed by atoms with van der Waals surface area (Å²) in [7, 11) is 0. The van der Waals surface area contributed by atoms with E-state index in [4.69, 9.17) is 9.97 Å². The van der Waals surface area contributed by atoms with Crippen LogP contribution in [0.25, 0.3) is 16.7 Å². The lowest BCUT2D eigenvalue weighted by Gasteiger charge is -2.22. The number of benzene rings is 1. The molecule has 0 atom stereocenters. The molecule has 2 heterocycles. The SMILES string of the molecule is CCN(C/C=C\CF)c1nc(C)nc2c1c(C)c(C)n2-c1c(C)cc(C)cc1C. The lowest BCUT2D eigenvalue weighted by molar-refractivity contribution is 0.561. The van der Waals surface area contributed by atoms with E-state index in [0.29, 0.717) is 6.54 Å². The van der Waals surface area contributed by atoms with Gasteiger partial charge in [0.05, 0.1) is 11.1 Å². The van der Waals surface area contributed by atoms with Gasteiger partial charge >= 0.3 is 0 Å². The summed E-state index contributed by atoms with van der Waals surface area (Å²) in [6, 6.07) is 4.44. The Balaban J connectivity index is 2.33. The van der Waals surface area contributed by atoms with Crippen molar-refractivity contribution >= 4 is 16.9 Å². The summed E-state index contributed by atoms with van der Waals surface area (Å²) in [5.41, 5.74) is 8.21. The van der Waals surface area contributed by atoms with Crippen molar-refractivity contribution in [1.29, 1.82) is 0 Å². The molecule has 0 saturated carbocycles. The standard InChI is InChI=1S/C24H31FN4/c1-8-28(12-10-9-11-25)23-21-18(5)19(6)29(24(21)27-20(7)26-23)22-16(3)13-15(2)14-17(22)4/h9-10,13-14H,8,11-12H2,1-7H3/b10-9-. The van der Waals surface area contributed by atoms with Crippen molar-refractivity contribution in [3.05, 3.63) is 58.1 Å². The first-order valence-electron chi connectivity index (χ1n) is 10.2. The molecule has 0 fully saturated rings. The smallest absolute Gasteiger partial charge is 0.150 e. The maximum atomic E-state index is 12.5. The molecule has 2 aromatic heterocycles. The normalized spacial score (nSPS) is 11.7. The number of allylic oxidation sites excluding steroid dienone is 1. The maximum absolute atomic E-state index is 12.5. The fraction of sp³-hybridized carbons (Fsp3) is 0.417. The number of alkyl halides is 1. The Hall–Kier alpha value is -2.69. The van der Waals surface area contributed by atoms with E-state index < -0.39 is 6.67 Å². The molecule has 4 nitrogen and oxygen atoms in total. The molecular formula is C24H31FN4. The van der Waals surface area contributed by atoms with E-state index in [9.17, 15) is 4.39 Å². The maximum Gasteiger partial charge on any atom is 0.150 e. The number of halogens is 1. The molecule has 3 rings (SSSR count). The van der Waals surface area contributed by atoms with Crippen LogP contribution < -0.4 is 4.90 Å². The molecule has 1 aromatic carbocycles. The van der Waals surface area contributed by atoms with Crippen LogP contribution in [0.5, 0.6) is 0 Å². The number of anilines is 1. The van der Waals surface area contributed by atoms with Crippen LogP contribution in [-0.2, 0) is 0 Å². The van der Waals surface area contributed by atoms with Gasteiger partial charge in [-0.25, -0.2) is 14.4 Å². The van der Waals surface area contributed by atoms with Gasteiger partial charge in [-0.2, -0.15) is 0 Å². The molecule has 0 amide bonds. The first-order chi connectivity index (χ1) is 13.8. The fourth-order valence-corrected chi connectivity index (χ4v) is 4.21. The first-order valence-corrected chi connectivity index (χ1v) is 10.2. The Kier molecular flexibility index (Phi) is 6.06. The highest BCUT2D eigenvalue weighted by Crippen LogP contribution is 2.35. The Bertz CT molecular complexity index is 1060. The summed E-state index contributed by atoms with van der Waals surface area (Å²) < 4.78 is 14.8. The van der Waals surface area contributed by atoms with Gasteiger partial charge in [-0.15, -0.1) is 0 Å². The average molecular weight is 395 g/mol. The molecule has 0 unspecified atom stereocenters. The number of fused-ring (bicyclic) bond motifs is 1. The van der Waals surface area contributed by atoms with Crippen LogP contribution in [0.4, 0.5) is 10.2 Å². The lowest BCUT2D eigenvalue weighted by atomic mass is 10.0. The van der Waals surface area contributed by atoms with Gasteiger partial charge in [0.1, 0.15) is 18.3 Å². The molecule has 0 aliphatic carbocycles. The largest absolute Gasteiger partial charge is 0.352 e. The summed E-state index contributed by atoms with van der Waals surface area (Å²) in [6.07, 6.45) is 3.41. The van der Waals surface area contributed by atoms with E-state index in [1.165, 1.54) is 33.6 Å². The van der Waals surface area contributed by atoms with Crippen LogP contribution in [0.15, 0.2) is 24.3 Å². The minimum Gasteiger partial charge on any atom is -0.352 e. The highest BCUT2D eigenvalue weighted by atomic mass is 19.1. The van der Waals surface area contributed by atoms with Crippen LogP contribution in [-0.4, -0.2) is 34.3 Å². The zero-order valence-corrected chi connectivity index (χ0v) is 18.6. The molecule has 3 aromatic rings. The van der Waals surface area contributed by atoms with E-state index in [1.807, 2.05) is 13.0 Å². The summed E-state index contributed by atoms with van der Waals surface area (Å²) in [6.45, 7) is 15.7. The number of aryl methyl sites for hydroxylation is 5. The van der Waals surface area contributed by atoms with Crippen LogP contribution in [0, 0.1) is 41.5 Å². The predicted molar refractivity (Wildman–Crippen MR) is 120 cm³/mol. The molecule has 0 bridgehead atoms. The van der Waals surface area contributed by atoms with E-state index in [-0.39, 0.29) is 0 Å². The zero-order valence-electron chi connectivity index (χ0n) is 18.6. The molecule has 0 aliphatic heterocycles. The third kappa shape index (κ3) is 3.78. The number of hydrogen-bond donors (Lipinski definition) is 0. The molecule has 0 saturated heterocycles. The van der Waals surface area contributed by atoms with Crippen molar-refractivity contribution in [3.63, 3.8) is 0 Å². The van der Waals surface area contributed by atoms with Crippen molar-refractivity contribution in [2.45, 2.75) is 48.5 Å². The minimum atomic E-state index is -0.448. The van der Waals surface area contributed by atoms with Crippen molar-refractivity contribution in [3.8, 4) is 5.69 Å². The topological polar surface area (TPSA) is 34.0 Å². The lowest BCUT2D eigenvalue weighted by Crippen LogP contribution is -2.24. The monoisotopic (exact) mass is 394 g/mol. The van der Waals surface area contributed by atoms with Crippen molar-refractivity contribution < 1.29 is 4.39 Å². The quantitative estimate of drug-likeness (QED) is 0.509. The zero-order chi connectivity index (χ0) is 21.3. The molecule has 5 heteroatoms. The summed E-state index contributed by atoms with van der Waals surface area (Å²) in [5.74, 6) is 1.65. The van der Waals surface area contributed by atoms with Crippen LogP contribution >= 0.6 is 0 Å². The average Bonchev–Trinajstić information content (AvgIpc) is 2.89. The second kappa shape index (κ2) is 8.36. The van der Waals surface area contributed by atoms with Crippen molar-refractivity contribution in [2.75, 3.05) is 24.7 Å². The molecule has 29 heavy (non-hydrogen) atoms. The Morgan fingerprint density at radius 1 is 1.00 bits per heavy atom. The van der Waals surface area contributed by atoms with Crippen molar-refractivity contribution in [1.82, 2.24) is 14.5 Å². The van der Waals surface area contributed by atoms with Gasteiger partial charge in [0.25, 0.3) is 0 Å². The highest BCUT2D eigenvalue weighted by molar-refractivity contribution is 5.94. The van der Waals surface area contributed by atoms with Gasteiger partial charge in [0.2, 0.25) is 0 Å². The molecule has 0 aliphatic rings. The molecule has 0 radical (unpaired) electrons. The molecular weight excluding hydrogens is 363 g/mol. The van der Waals surface area contributed by atoms with E-state index in [2.05, 4.69) is 63.1 Å². The molecule has 0 N–H and O–H groups in total. The predicted octanol–water partition coefficient (Wildman–Crippen LogP) is 5.62. The van der Waals surface area contributed by atoms with Gasteiger partial charge in [-0.3, -0.25) is 4.57 Å². The fourth-order valence-electron chi connectivity index (χ4n) is 4.21. The summed E-state index contributed by atoms with van der Waals surface area (Å²) in [5, 5.41) is 1.07. The van der Waals surface area contributed by atoms with Gasteiger partial charge in [-0.1, -0.05) is 29.8 Å². The third-order valence-corrected chi connectivity index (χ3v) is 5.57. The number of hydrogen-bond acceptors (Lipinski definition) is 3. The molecule has 0 spiro atoms. The van der Waals surface area contributed by atoms with Crippen LogP contribution in [0.1, 0.15) is 40.7 Å². The number of likely N-dealkylation sites (N-methyl/N-ethyl adjacent to an activating group) is 1. The van der Waals surface area contributed by atoms with Gasteiger partial charge in [-0.05, 0) is 65.2 Å². The van der Waals surface area contributed by atoms with E-state index in [0.717, 1.165) is 29.2 Å². The number of nitrogens with zero attached hydrogens (tertiary/aromatic N) is 4. The third-order valence-electron chi connectivity index (χ3n) is 5.57. The van der Waals surface area contributed by atoms with Crippen LogP contribution in [0.2, 0.25) is 0 Å². The van der Waals surface area contributed by atoms with E-state index in [1.54, 1.807) is 6.08 Å². The van der Waals surface area contributed by atoms with E-state index >= 15 is 0 Å². The van der Waals surface area contributed by atoms with Gasteiger partial charge in [0, 0.05) is 18.8 Å².